The van der Waals surface area contributed by atoms with E-state index in [1.54, 1.807) is 4.90 Å². The van der Waals surface area contributed by atoms with Crippen molar-refractivity contribution in [2.45, 2.75) is 70.3 Å². The van der Waals surface area contributed by atoms with Gasteiger partial charge in [-0.15, -0.1) is 0 Å². The van der Waals surface area contributed by atoms with E-state index in [1.165, 1.54) is 0 Å². The highest BCUT2D eigenvalue weighted by Gasteiger charge is 2.43. The van der Waals surface area contributed by atoms with Gasteiger partial charge >= 0.3 is 12.1 Å². The minimum atomic E-state index is -0.761. The van der Waals surface area contributed by atoms with Crippen LogP contribution in [0.15, 0.2) is 18.2 Å². The average Bonchev–Trinajstić information content (AvgIpc) is 3.03. The van der Waals surface area contributed by atoms with Gasteiger partial charge in [-0.25, -0.2) is 4.79 Å². The summed E-state index contributed by atoms with van der Waals surface area (Å²) >= 11 is 0. The highest BCUT2D eigenvalue weighted by molar-refractivity contribution is 5.90. The molecular weight excluding hydrogens is 318 g/mol. The number of hydrogen-bond donors (Lipinski definition) is 1. The molecule has 5 heteroatoms. The third-order valence-electron chi connectivity index (χ3n) is 5.23. The molecule has 136 valence electrons. The van der Waals surface area contributed by atoms with Crippen molar-refractivity contribution in [3.05, 3.63) is 29.3 Å². The second-order valence-electron chi connectivity index (χ2n) is 8.17. The van der Waals surface area contributed by atoms with E-state index in [0.717, 1.165) is 42.5 Å². The molecular formula is C20H27NO4. The quantitative estimate of drug-likeness (QED) is 0.869. The molecule has 25 heavy (non-hydrogen) atoms. The second-order valence-corrected chi connectivity index (χ2v) is 8.17. The Balaban J connectivity index is 1.93. The van der Waals surface area contributed by atoms with E-state index in [0.29, 0.717) is 19.4 Å². The fourth-order valence-electron chi connectivity index (χ4n) is 4.01. The van der Waals surface area contributed by atoms with Gasteiger partial charge < -0.3 is 9.84 Å². The molecule has 1 heterocycles. The molecule has 1 aromatic rings. The van der Waals surface area contributed by atoms with Crippen molar-refractivity contribution in [1.82, 2.24) is 0 Å². The molecule has 0 atom stereocenters. The number of carbonyl (C=O) groups is 2. The summed E-state index contributed by atoms with van der Waals surface area (Å²) in [5, 5.41) is 9.80. The van der Waals surface area contributed by atoms with Crippen LogP contribution >= 0.6 is 0 Å². The molecule has 0 bridgehead atoms. The van der Waals surface area contributed by atoms with Gasteiger partial charge in [-0.05, 0) is 63.6 Å². The third kappa shape index (κ3) is 3.37. The maximum Gasteiger partial charge on any atom is 0.414 e. The zero-order chi connectivity index (χ0) is 18.2. The summed E-state index contributed by atoms with van der Waals surface area (Å²) in [6.07, 6.45) is 4.66. The van der Waals surface area contributed by atoms with Crippen molar-refractivity contribution in [3.8, 4) is 0 Å². The standard InChI is InChI=1S/C20H27NO4/c1-19(2,3)25-18(24)21-12-6-7-14-13-15(8-9-16(14)21)20(17(22)23)10-4-5-11-20/h8-9,13H,4-7,10-12H2,1-3H3,(H,22,23). The number of rotatable bonds is 2. The molecule has 1 aliphatic heterocycles. The summed E-state index contributed by atoms with van der Waals surface area (Å²) in [7, 11) is 0. The molecule has 1 aliphatic carbocycles. The van der Waals surface area contributed by atoms with Crippen molar-refractivity contribution >= 4 is 17.7 Å². The Bertz CT molecular complexity index is 683. The molecule has 0 unspecified atom stereocenters. The summed E-state index contributed by atoms with van der Waals surface area (Å²) in [6, 6.07) is 5.79. The maximum absolute atomic E-state index is 12.5. The van der Waals surface area contributed by atoms with Gasteiger partial charge in [0.15, 0.2) is 0 Å². The first-order valence-corrected chi connectivity index (χ1v) is 9.10. The van der Waals surface area contributed by atoms with Crippen molar-refractivity contribution in [1.29, 1.82) is 0 Å². The molecule has 2 aliphatic rings. The summed E-state index contributed by atoms with van der Waals surface area (Å²) in [6.45, 7) is 6.20. The first kappa shape index (κ1) is 17.8. The average molecular weight is 345 g/mol. The lowest BCUT2D eigenvalue weighted by Crippen LogP contribution is -2.40. The number of nitrogens with zero attached hydrogens (tertiary/aromatic N) is 1. The van der Waals surface area contributed by atoms with Crippen LogP contribution in [0.3, 0.4) is 0 Å². The van der Waals surface area contributed by atoms with Crippen molar-refractivity contribution < 1.29 is 19.4 Å². The van der Waals surface area contributed by atoms with Gasteiger partial charge in [0.1, 0.15) is 5.60 Å². The van der Waals surface area contributed by atoms with Gasteiger partial charge in [-0.3, -0.25) is 9.69 Å². The number of hydrogen-bond acceptors (Lipinski definition) is 3. The predicted molar refractivity (Wildman–Crippen MR) is 96.1 cm³/mol. The minimum absolute atomic E-state index is 0.338. The Morgan fingerprint density at radius 3 is 2.44 bits per heavy atom. The van der Waals surface area contributed by atoms with Crippen LogP contribution in [0.2, 0.25) is 0 Å². The monoisotopic (exact) mass is 345 g/mol. The third-order valence-corrected chi connectivity index (χ3v) is 5.23. The van der Waals surface area contributed by atoms with Crippen LogP contribution in [0.25, 0.3) is 0 Å². The summed E-state index contributed by atoms with van der Waals surface area (Å²) in [4.78, 5) is 26.1. The van der Waals surface area contributed by atoms with E-state index in [9.17, 15) is 14.7 Å². The molecule has 0 aromatic heterocycles. The van der Waals surface area contributed by atoms with Gasteiger partial charge in [-0.2, -0.15) is 0 Å². The Labute approximate surface area is 149 Å². The number of benzene rings is 1. The zero-order valence-corrected chi connectivity index (χ0v) is 15.3. The van der Waals surface area contributed by atoms with E-state index in [2.05, 4.69) is 0 Å². The Morgan fingerprint density at radius 1 is 1.16 bits per heavy atom. The number of ether oxygens (including phenoxy) is 1. The van der Waals surface area contributed by atoms with Crippen LogP contribution in [0.1, 0.15) is 64.0 Å². The van der Waals surface area contributed by atoms with Crippen LogP contribution in [-0.4, -0.2) is 29.3 Å². The van der Waals surface area contributed by atoms with Gasteiger partial charge in [0.2, 0.25) is 0 Å². The summed E-state index contributed by atoms with van der Waals surface area (Å²) < 4.78 is 5.52. The fraction of sp³-hybridized carbons (Fsp3) is 0.600. The zero-order valence-electron chi connectivity index (χ0n) is 15.3. The van der Waals surface area contributed by atoms with E-state index in [1.807, 2.05) is 39.0 Å². The molecule has 1 amide bonds. The summed E-state index contributed by atoms with van der Waals surface area (Å²) in [5.41, 5.74) is 1.47. The number of amides is 1. The van der Waals surface area contributed by atoms with E-state index in [4.69, 9.17) is 4.74 Å². The largest absolute Gasteiger partial charge is 0.481 e. The normalized spacial score (nSPS) is 19.4. The second kappa shape index (κ2) is 6.36. The van der Waals surface area contributed by atoms with Gasteiger partial charge in [0.05, 0.1) is 11.1 Å². The van der Waals surface area contributed by atoms with Gasteiger partial charge in [0, 0.05) is 6.54 Å². The maximum atomic E-state index is 12.5. The number of aryl methyl sites for hydroxylation is 1. The molecule has 5 nitrogen and oxygen atoms in total. The predicted octanol–water partition coefficient (Wildman–Crippen LogP) is 4.27. The molecule has 1 aromatic carbocycles. The van der Waals surface area contributed by atoms with Crippen LogP contribution in [0.5, 0.6) is 0 Å². The SMILES string of the molecule is CC(C)(C)OC(=O)N1CCCc2cc(C3(C(=O)O)CCCC3)ccc21. The molecule has 3 rings (SSSR count). The van der Waals surface area contributed by atoms with E-state index in [-0.39, 0.29) is 6.09 Å². The lowest BCUT2D eigenvalue weighted by molar-refractivity contribution is -0.143. The Kier molecular flexibility index (Phi) is 4.52. The number of carboxylic acid groups (broad SMARTS) is 1. The molecule has 0 radical (unpaired) electrons. The molecule has 0 saturated heterocycles. The highest BCUT2D eigenvalue weighted by atomic mass is 16.6. The highest BCUT2D eigenvalue weighted by Crippen LogP contribution is 2.43. The number of carboxylic acids is 1. The topological polar surface area (TPSA) is 66.8 Å². The molecule has 0 spiro atoms. The van der Waals surface area contributed by atoms with Gasteiger partial charge in [0.25, 0.3) is 0 Å². The Hall–Kier alpha value is -2.04. The first-order chi connectivity index (χ1) is 11.7. The smallest absolute Gasteiger partial charge is 0.414 e. The van der Waals surface area contributed by atoms with Crippen molar-refractivity contribution in [2.24, 2.45) is 0 Å². The molecule has 1 fully saturated rings. The van der Waals surface area contributed by atoms with Crippen LogP contribution in [0.4, 0.5) is 10.5 Å². The first-order valence-electron chi connectivity index (χ1n) is 9.10. The van der Waals surface area contributed by atoms with Crippen molar-refractivity contribution in [2.75, 3.05) is 11.4 Å². The number of aliphatic carboxylic acids is 1. The lowest BCUT2D eigenvalue weighted by atomic mass is 9.77. The van der Waals surface area contributed by atoms with Crippen LogP contribution in [0, 0.1) is 0 Å². The van der Waals surface area contributed by atoms with Gasteiger partial charge in [-0.1, -0.05) is 25.0 Å². The lowest BCUT2D eigenvalue weighted by Gasteiger charge is -2.33. The Morgan fingerprint density at radius 2 is 1.84 bits per heavy atom. The summed E-state index contributed by atoms with van der Waals surface area (Å²) in [5.74, 6) is -0.732. The van der Waals surface area contributed by atoms with Crippen molar-refractivity contribution in [3.63, 3.8) is 0 Å². The van der Waals surface area contributed by atoms with E-state index < -0.39 is 17.0 Å². The fourth-order valence-corrected chi connectivity index (χ4v) is 4.01. The van der Waals surface area contributed by atoms with Crippen LogP contribution < -0.4 is 4.90 Å². The number of fused-ring (bicyclic) bond motifs is 1. The molecule has 1 saturated carbocycles. The number of anilines is 1. The number of carbonyl (C=O) groups excluding carboxylic acids is 1. The minimum Gasteiger partial charge on any atom is -0.481 e. The van der Waals surface area contributed by atoms with E-state index >= 15 is 0 Å². The molecule has 1 N–H and O–H groups in total. The van der Waals surface area contributed by atoms with Crippen LogP contribution in [-0.2, 0) is 21.4 Å².